The first kappa shape index (κ1) is 17.3. The Morgan fingerprint density at radius 3 is 2.29 bits per heavy atom. The van der Waals surface area contributed by atoms with Crippen LogP contribution in [0.2, 0.25) is 0 Å². The summed E-state index contributed by atoms with van der Waals surface area (Å²) in [7, 11) is 0. The largest absolute Gasteiger partial charge is 0.466 e. The summed E-state index contributed by atoms with van der Waals surface area (Å²) in [5.74, 6) is -0.650. The molecule has 7 heteroatoms. The van der Waals surface area contributed by atoms with Crippen LogP contribution in [0.5, 0.6) is 0 Å². The zero-order valence-electron chi connectivity index (χ0n) is 13.6. The molecule has 0 spiro atoms. The topological polar surface area (TPSA) is 112 Å². The molecule has 0 saturated heterocycles. The van der Waals surface area contributed by atoms with E-state index in [0.717, 1.165) is 0 Å². The number of carbonyl (C=O) groups is 3. The lowest BCUT2D eigenvalue weighted by molar-refractivity contribution is -0.123. The molecule has 1 atom stereocenters. The number of rotatable bonds is 5. The lowest BCUT2D eigenvalue weighted by Gasteiger charge is -2.13. The highest BCUT2D eigenvalue weighted by Gasteiger charge is 2.22. The zero-order chi connectivity index (χ0) is 17.9. The van der Waals surface area contributed by atoms with Crippen LogP contribution in [0.1, 0.15) is 39.2 Å². The Morgan fingerprint density at radius 1 is 1.17 bits per heavy atom. The Morgan fingerprint density at radius 2 is 1.79 bits per heavy atom. The molecule has 1 aromatic carbocycles. The maximum absolute atomic E-state index is 12.1. The van der Waals surface area contributed by atoms with Gasteiger partial charge in [0.05, 0.1) is 0 Å². The van der Waals surface area contributed by atoms with Crippen LogP contribution in [0.3, 0.4) is 0 Å². The summed E-state index contributed by atoms with van der Waals surface area (Å²) in [6, 6.07) is 7.62. The molecule has 1 heterocycles. The summed E-state index contributed by atoms with van der Waals surface area (Å²) >= 11 is 0. The third-order valence-electron chi connectivity index (χ3n) is 3.35. The first-order valence-electron chi connectivity index (χ1n) is 7.26. The highest BCUT2D eigenvalue weighted by Crippen LogP contribution is 2.16. The van der Waals surface area contributed by atoms with E-state index in [0.29, 0.717) is 22.8 Å². The standard InChI is InChI=1S/C17H18N2O5/c1-9-8-14(10(2)23-9)17(22)24-11(3)16(21)19-13-6-4-12(5-7-13)15(18)20/h4-8,11H,1-3H3,(H2,18,20)(H,19,21)/t11-/m1/s1. The molecule has 0 unspecified atom stereocenters. The molecule has 7 nitrogen and oxygen atoms in total. The molecule has 0 aliphatic carbocycles. The number of carbonyl (C=O) groups excluding carboxylic acids is 3. The van der Waals surface area contributed by atoms with Gasteiger partial charge in [0.2, 0.25) is 5.91 Å². The molecular formula is C17H18N2O5. The van der Waals surface area contributed by atoms with Crippen LogP contribution in [0.4, 0.5) is 5.69 Å². The van der Waals surface area contributed by atoms with Gasteiger partial charge >= 0.3 is 5.97 Å². The first-order valence-corrected chi connectivity index (χ1v) is 7.26. The van der Waals surface area contributed by atoms with Crippen LogP contribution in [-0.2, 0) is 9.53 Å². The van der Waals surface area contributed by atoms with Gasteiger partial charge in [0.25, 0.3) is 5.91 Å². The Kier molecular flexibility index (Phi) is 5.03. The summed E-state index contributed by atoms with van der Waals surface area (Å²) in [5.41, 5.74) is 6.23. The van der Waals surface area contributed by atoms with Crippen molar-refractivity contribution >= 4 is 23.5 Å². The van der Waals surface area contributed by atoms with Crippen molar-refractivity contribution in [2.24, 2.45) is 5.73 Å². The summed E-state index contributed by atoms with van der Waals surface area (Å²) in [6.07, 6.45) is -0.997. The molecule has 2 amide bonds. The van der Waals surface area contributed by atoms with Gasteiger partial charge < -0.3 is 20.2 Å². The Balaban J connectivity index is 1.98. The highest BCUT2D eigenvalue weighted by molar-refractivity contribution is 5.98. The minimum atomic E-state index is -0.997. The van der Waals surface area contributed by atoms with Crippen LogP contribution < -0.4 is 11.1 Å². The van der Waals surface area contributed by atoms with Crippen molar-refractivity contribution in [3.63, 3.8) is 0 Å². The van der Waals surface area contributed by atoms with E-state index in [9.17, 15) is 14.4 Å². The van der Waals surface area contributed by atoms with Gasteiger partial charge in [-0.1, -0.05) is 0 Å². The minimum Gasteiger partial charge on any atom is -0.466 e. The number of hydrogen-bond acceptors (Lipinski definition) is 5. The number of primary amides is 1. The fourth-order valence-electron chi connectivity index (χ4n) is 2.07. The fourth-order valence-corrected chi connectivity index (χ4v) is 2.07. The number of hydrogen-bond donors (Lipinski definition) is 2. The van der Waals surface area contributed by atoms with E-state index in [4.69, 9.17) is 14.9 Å². The quantitative estimate of drug-likeness (QED) is 0.816. The molecule has 24 heavy (non-hydrogen) atoms. The predicted octanol–water partition coefficient (Wildman–Crippen LogP) is 2.18. The molecule has 0 radical (unpaired) electrons. The van der Waals surface area contributed by atoms with E-state index in [1.807, 2.05) is 0 Å². The van der Waals surface area contributed by atoms with E-state index in [-0.39, 0.29) is 5.56 Å². The molecule has 1 aromatic heterocycles. The van der Waals surface area contributed by atoms with Crippen molar-refractivity contribution in [3.05, 3.63) is 53.0 Å². The molecular weight excluding hydrogens is 312 g/mol. The maximum atomic E-state index is 12.1. The smallest absolute Gasteiger partial charge is 0.342 e. The average molecular weight is 330 g/mol. The van der Waals surface area contributed by atoms with Crippen LogP contribution in [-0.4, -0.2) is 23.9 Å². The van der Waals surface area contributed by atoms with Crippen LogP contribution >= 0.6 is 0 Å². The van der Waals surface area contributed by atoms with Gasteiger partial charge in [0, 0.05) is 11.3 Å². The van der Waals surface area contributed by atoms with Gasteiger partial charge in [-0.05, 0) is 51.1 Å². The van der Waals surface area contributed by atoms with Gasteiger partial charge in [0.15, 0.2) is 6.10 Å². The Labute approximate surface area is 138 Å². The Hall–Kier alpha value is -3.09. The summed E-state index contributed by atoms with van der Waals surface area (Å²) in [5, 5.41) is 2.59. The molecule has 0 aliphatic rings. The number of aryl methyl sites for hydroxylation is 2. The van der Waals surface area contributed by atoms with Crippen molar-refractivity contribution in [2.75, 3.05) is 5.32 Å². The monoisotopic (exact) mass is 330 g/mol. The van der Waals surface area contributed by atoms with Crippen LogP contribution in [0, 0.1) is 13.8 Å². The molecule has 126 valence electrons. The molecule has 2 rings (SSSR count). The van der Waals surface area contributed by atoms with Crippen molar-refractivity contribution in [2.45, 2.75) is 26.9 Å². The van der Waals surface area contributed by atoms with E-state index >= 15 is 0 Å². The lowest BCUT2D eigenvalue weighted by atomic mass is 10.2. The SMILES string of the molecule is Cc1cc(C(=O)O[C@H](C)C(=O)Nc2ccc(C(N)=O)cc2)c(C)o1. The van der Waals surface area contributed by atoms with Crippen molar-refractivity contribution in [3.8, 4) is 0 Å². The third-order valence-corrected chi connectivity index (χ3v) is 3.35. The highest BCUT2D eigenvalue weighted by atomic mass is 16.5. The number of anilines is 1. The van der Waals surface area contributed by atoms with Crippen molar-refractivity contribution < 1.29 is 23.5 Å². The minimum absolute atomic E-state index is 0.290. The molecule has 3 N–H and O–H groups in total. The lowest BCUT2D eigenvalue weighted by Crippen LogP contribution is -2.30. The van der Waals surface area contributed by atoms with Gasteiger partial charge in [-0.25, -0.2) is 4.79 Å². The van der Waals surface area contributed by atoms with Gasteiger partial charge in [-0.15, -0.1) is 0 Å². The average Bonchev–Trinajstić information content (AvgIpc) is 2.86. The zero-order valence-corrected chi connectivity index (χ0v) is 13.6. The fraction of sp³-hybridized carbons (Fsp3) is 0.235. The van der Waals surface area contributed by atoms with Gasteiger partial charge in [0.1, 0.15) is 17.1 Å². The maximum Gasteiger partial charge on any atom is 0.342 e. The van der Waals surface area contributed by atoms with E-state index in [2.05, 4.69) is 5.32 Å². The molecule has 0 aliphatic heterocycles. The summed E-state index contributed by atoms with van der Waals surface area (Å²) in [6.45, 7) is 4.83. The number of nitrogens with one attached hydrogen (secondary N) is 1. The van der Waals surface area contributed by atoms with E-state index < -0.39 is 23.9 Å². The van der Waals surface area contributed by atoms with Crippen LogP contribution in [0.25, 0.3) is 0 Å². The second-order valence-electron chi connectivity index (χ2n) is 5.31. The van der Waals surface area contributed by atoms with E-state index in [1.54, 1.807) is 19.9 Å². The normalized spacial score (nSPS) is 11.6. The van der Waals surface area contributed by atoms with Crippen molar-refractivity contribution in [1.82, 2.24) is 0 Å². The second kappa shape index (κ2) is 6.99. The first-order chi connectivity index (χ1) is 11.3. The number of ether oxygens (including phenoxy) is 1. The predicted molar refractivity (Wildman–Crippen MR) is 86.6 cm³/mol. The molecule has 0 fully saturated rings. The summed E-state index contributed by atoms with van der Waals surface area (Å²) < 4.78 is 10.4. The number of benzene rings is 1. The molecule has 0 saturated carbocycles. The number of esters is 1. The Bertz CT molecular complexity index is 777. The second-order valence-corrected chi connectivity index (χ2v) is 5.31. The summed E-state index contributed by atoms with van der Waals surface area (Å²) in [4.78, 5) is 35.1. The number of furan rings is 1. The van der Waals surface area contributed by atoms with E-state index in [1.165, 1.54) is 31.2 Å². The van der Waals surface area contributed by atoms with Crippen molar-refractivity contribution in [1.29, 1.82) is 0 Å². The van der Waals surface area contributed by atoms with Crippen LogP contribution in [0.15, 0.2) is 34.7 Å². The molecule has 0 bridgehead atoms. The van der Waals surface area contributed by atoms with Gasteiger partial charge in [-0.2, -0.15) is 0 Å². The number of nitrogens with two attached hydrogens (primary N) is 1. The number of amides is 2. The van der Waals surface area contributed by atoms with Gasteiger partial charge in [-0.3, -0.25) is 9.59 Å². The third kappa shape index (κ3) is 4.01. The molecule has 2 aromatic rings.